The molecule has 1 heterocycles. The van der Waals surface area contributed by atoms with Crippen molar-refractivity contribution >= 4 is 39.0 Å². The summed E-state index contributed by atoms with van der Waals surface area (Å²) in [7, 11) is -3.89. The zero-order valence-electron chi connectivity index (χ0n) is 10.9. The van der Waals surface area contributed by atoms with Crippen molar-refractivity contribution in [1.82, 2.24) is 9.62 Å². The highest BCUT2D eigenvalue weighted by Crippen LogP contribution is 2.17. The van der Waals surface area contributed by atoms with Crippen molar-refractivity contribution in [3.63, 3.8) is 0 Å². The van der Waals surface area contributed by atoms with Crippen molar-refractivity contribution in [2.24, 2.45) is 5.73 Å². The van der Waals surface area contributed by atoms with Gasteiger partial charge < -0.3 is 5.73 Å². The average Bonchev–Trinajstić information content (AvgIpc) is 2.37. The average molecular weight is 327 g/mol. The second-order valence-corrected chi connectivity index (χ2v) is 6.99. The molecule has 0 aliphatic carbocycles. The van der Waals surface area contributed by atoms with Gasteiger partial charge in [-0.3, -0.25) is 14.9 Å². The second-order valence-electron chi connectivity index (χ2n) is 4.53. The van der Waals surface area contributed by atoms with Crippen LogP contribution in [0.15, 0.2) is 29.2 Å². The van der Waals surface area contributed by atoms with Crippen molar-refractivity contribution in [3.05, 3.63) is 29.8 Å². The Morgan fingerprint density at radius 3 is 2.19 bits per heavy atom. The number of sulfonamides is 1. The maximum Gasteiger partial charge on any atom is 0.244 e. The third kappa shape index (κ3) is 3.63. The molecule has 112 valence electrons. The molecule has 0 bridgehead atoms. The van der Waals surface area contributed by atoms with Crippen molar-refractivity contribution in [3.8, 4) is 0 Å². The van der Waals surface area contributed by atoms with Gasteiger partial charge in [0.2, 0.25) is 21.8 Å². The maximum absolute atomic E-state index is 12.4. The minimum atomic E-state index is -3.89. The summed E-state index contributed by atoms with van der Waals surface area (Å²) >= 11 is 4.78. The predicted octanol–water partition coefficient (Wildman–Crippen LogP) is -0.838. The molecule has 1 aromatic carbocycles. The summed E-state index contributed by atoms with van der Waals surface area (Å²) in [6, 6.07) is 6.00. The molecule has 0 unspecified atom stereocenters. The molecule has 2 rings (SSSR count). The number of hydrogen-bond donors (Lipinski definition) is 2. The number of nitrogens with one attached hydrogen (secondary N) is 1. The van der Waals surface area contributed by atoms with Gasteiger partial charge in [0.15, 0.2) is 0 Å². The monoisotopic (exact) mass is 327 g/mol. The van der Waals surface area contributed by atoms with Gasteiger partial charge in [-0.2, -0.15) is 4.31 Å². The number of carbonyl (C=O) groups is 2. The topological polar surface area (TPSA) is 110 Å². The van der Waals surface area contributed by atoms with E-state index in [9.17, 15) is 18.0 Å². The minimum absolute atomic E-state index is 0.0108. The number of hydrogen-bond acceptors (Lipinski definition) is 5. The molecule has 0 saturated carbocycles. The normalized spacial score (nSPS) is 16.6. The summed E-state index contributed by atoms with van der Waals surface area (Å²) in [5, 5.41) is 2.05. The molecule has 21 heavy (non-hydrogen) atoms. The summed E-state index contributed by atoms with van der Waals surface area (Å²) in [5.74, 6) is -1.28. The smallest absolute Gasteiger partial charge is 0.244 e. The van der Waals surface area contributed by atoms with Gasteiger partial charge in [-0.1, -0.05) is 24.4 Å². The highest BCUT2D eigenvalue weighted by molar-refractivity contribution is 7.89. The molecular weight excluding hydrogens is 314 g/mol. The summed E-state index contributed by atoms with van der Waals surface area (Å²) in [4.78, 5) is 22.9. The van der Waals surface area contributed by atoms with Crippen LogP contribution in [0.3, 0.4) is 0 Å². The van der Waals surface area contributed by atoms with Gasteiger partial charge in [-0.15, -0.1) is 0 Å². The molecule has 2 amide bonds. The lowest BCUT2D eigenvalue weighted by molar-refractivity contribution is -0.134. The van der Waals surface area contributed by atoms with Crippen LogP contribution in [0.1, 0.15) is 5.56 Å². The summed E-state index contributed by atoms with van der Waals surface area (Å²) in [5.41, 5.74) is 6.20. The molecule has 1 saturated heterocycles. The zero-order chi connectivity index (χ0) is 15.6. The minimum Gasteiger partial charge on any atom is -0.393 e. The molecule has 0 spiro atoms. The van der Waals surface area contributed by atoms with Crippen molar-refractivity contribution < 1.29 is 18.0 Å². The molecule has 0 aromatic heterocycles. The van der Waals surface area contributed by atoms with Gasteiger partial charge in [0.1, 0.15) is 0 Å². The fourth-order valence-corrected chi connectivity index (χ4v) is 3.43. The number of piperazine rings is 1. The van der Waals surface area contributed by atoms with Gasteiger partial charge in [0.05, 0.1) is 23.0 Å². The first-order valence-corrected chi connectivity index (χ1v) is 7.84. The molecule has 1 fully saturated rings. The third-order valence-electron chi connectivity index (χ3n) is 2.86. The van der Waals surface area contributed by atoms with Gasteiger partial charge in [-0.05, 0) is 17.7 Å². The molecule has 1 aliphatic rings. The lowest BCUT2D eigenvalue weighted by Crippen LogP contribution is -2.53. The van der Waals surface area contributed by atoms with Gasteiger partial charge >= 0.3 is 0 Å². The number of rotatable bonds is 4. The Balaban J connectivity index is 2.25. The second kappa shape index (κ2) is 5.88. The fraction of sp³-hybridized carbons (Fsp3) is 0.250. The first-order valence-electron chi connectivity index (χ1n) is 5.99. The van der Waals surface area contributed by atoms with E-state index in [0.29, 0.717) is 11.4 Å². The van der Waals surface area contributed by atoms with E-state index in [0.717, 1.165) is 9.87 Å². The van der Waals surface area contributed by atoms with E-state index in [4.69, 9.17) is 18.0 Å². The summed E-state index contributed by atoms with van der Waals surface area (Å²) in [6.45, 7) is -0.745. The third-order valence-corrected chi connectivity index (χ3v) is 4.81. The SMILES string of the molecule is NC(=S)Cc1ccc(S(=O)(=O)N2CC(=O)NC(=O)C2)cc1. The Morgan fingerprint density at radius 2 is 1.71 bits per heavy atom. The van der Waals surface area contributed by atoms with Gasteiger partial charge in [0, 0.05) is 6.42 Å². The molecule has 0 atom stereocenters. The predicted molar refractivity (Wildman–Crippen MR) is 78.8 cm³/mol. The van der Waals surface area contributed by atoms with Gasteiger partial charge in [0.25, 0.3) is 0 Å². The van der Waals surface area contributed by atoms with Crippen LogP contribution < -0.4 is 11.1 Å². The van der Waals surface area contributed by atoms with Crippen LogP contribution in [-0.4, -0.2) is 42.6 Å². The van der Waals surface area contributed by atoms with E-state index >= 15 is 0 Å². The number of carbonyl (C=O) groups excluding carboxylic acids is 2. The highest BCUT2D eigenvalue weighted by atomic mass is 32.2. The number of imide groups is 1. The number of nitrogens with zero attached hydrogens (tertiary/aromatic N) is 1. The standard InChI is InChI=1S/C12H13N3O4S2/c13-10(20)5-8-1-3-9(4-2-8)21(18,19)15-6-11(16)14-12(17)7-15/h1-4H,5-7H2,(H2,13,20)(H,14,16,17). The number of thiocarbonyl (C=S) groups is 1. The zero-order valence-corrected chi connectivity index (χ0v) is 12.5. The van der Waals surface area contributed by atoms with E-state index < -0.39 is 21.8 Å². The van der Waals surface area contributed by atoms with Crippen LogP contribution in [0, 0.1) is 0 Å². The van der Waals surface area contributed by atoms with Crippen molar-refractivity contribution in [2.75, 3.05) is 13.1 Å². The number of amides is 2. The molecular formula is C12H13N3O4S2. The lowest BCUT2D eigenvalue weighted by Gasteiger charge is -2.24. The van der Waals surface area contributed by atoms with Gasteiger partial charge in [-0.25, -0.2) is 8.42 Å². The van der Waals surface area contributed by atoms with E-state index in [1.165, 1.54) is 12.1 Å². The molecule has 1 aromatic rings. The van der Waals surface area contributed by atoms with Crippen LogP contribution in [-0.2, 0) is 26.0 Å². The highest BCUT2D eigenvalue weighted by Gasteiger charge is 2.32. The number of nitrogens with two attached hydrogens (primary N) is 1. The van der Waals surface area contributed by atoms with Crippen molar-refractivity contribution in [2.45, 2.75) is 11.3 Å². The molecule has 0 radical (unpaired) electrons. The Bertz CT molecular complexity index is 682. The Morgan fingerprint density at radius 1 is 1.19 bits per heavy atom. The van der Waals surface area contributed by atoms with Crippen molar-refractivity contribution in [1.29, 1.82) is 0 Å². The number of benzene rings is 1. The van der Waals surface area contributed by atoms with Crippen LogP contribution in [0.4, 0.5) is 0 Å². The fourth-order valence-electron chi connectivity index (χ4n) is 1.91. The van der Waals surface area contributed by atoms with E-state index in [1.807, 2.05) is 0 Å². The molecule has 7 nitrogen and oxygen atoms in total. The Hall–Kier alpha value is -1.84. The largest absolute Gasteiger partial charge is 0.393 e. The first kappa shape index (κ1) is 15.5. The summed E-state index contributed by atoms with van der Waals surface area (Å²) in [6.07, 6.45) is 0.375. The Kier molecular flexibility index (Phi) is 4.35. The molecule has 3 N–H and O–H groups in total. The van der Waals surface area contributed by atoms with E-state index in [2.05, 4.69) is 5.32 Å². The van der Waals surface area contributed by atoms with E-state index in [1.54, 1.807) is 12.1 Å². The lowest BCUT2D eigenvalue weighted by atomic mass is 10.1. The Labute approximate surface area is 127 Å². The van der Waals surface area contributed by atoms with Crippen LogP contribution in [0.5, 0.6) is 0 Å². The quantitative estimate of drug-likeness (QED) is 0.551. The van der Waals surface area contributed by atoms with Crippen LogP contribution in [0.2, 0.25) is 0 Å². The summed E-state index contributed by atoms with van der Waals surface area (Å²) < 4.78 is 25.6. The van der Waals surface area contributed by atoms with Crippen LogP contribution >= 0.6 is 12.2 Å². The molecule has 1 aliphatic heterocycles. The van der Waals surface area contributed by atoms with E-state index in [-0.39, 0.29) is 18.0 Å². The maximum atomic E-state index is 12.4. The van der Waals surface area contributed by atoms with Crippen LogP contribution in [0.25, 0.3) is 0 Å². The first-order chi connectivity index (χ1) is 9.79. The molecule has 9 heteroatoms.